The van der Waals surface area contributed by atoms with Crippen LogP contribution in [-0.4, -0.2) is 0 Å². The van der Waals surface area contributed by atoms with E-state index in [1.807, 2.05) is 66.7 Å². The Morgan fingerprint density at radius 2 is 1.02 bits per heavy atom. The highest BCUT2D eigenvalue weighted by Gasteiger charge is 2.18. The molecule has 0 radical (unpaired) electrons. The number of benzene rings is 8. The van der Waals surface area contributed by atoms with Crippen molar-refractivity contribution in [2.45, 2.75) is 0 Å². The molecule has 0 atom stereocenters. The Kier molecular flexibility index (Phi) is 4.27. The molecule has 0 spiro atoms. The van der Waals surface area contributed by atoms with E-state index in [0.717, 1.165) is 76.5 Å². The molecule has 8 aromatic carbocycles. The Balaban J connectivity index is 1.38. The number of hydrogen-bond donors (Lipinski definition) is 0. The van der Waals surface area contributed by atoms with Crippen LogP contribution in [0, 0.1) is 0 Å². The molecule has 0 bridgehead atoms. The fraction of sp³-hybridized carbons (Fsp3) is 0. The fourth-order valence-electron chi connectivity index (χ4n) is 6.74. The first kappa shape index (κ1) is 19.5. The standard InChI is InChI=1S/C42H26O/c1-2-12-28(13-3-1)40-31-15-4-6-17-33(31)41(34-18-7-5-16-32(34)40)35-21-10-14-27-24-25-29(26-37(27)35)30-20-11-23-39-42(30)36-19-8-9-22-38(36)43-39/h1-26H/i1D,2D,3D,12D,13D. The van der Waals surface area contributed by atoms with Gasteiger partial charge in [-0.1, -0.05) is 139 Å². The van der Waals surface area contributed by atoms with Crippen molar-refractivity contribution < 1.29 is 11.3 Å². The highest BCUT2D eigenvalue weighted by atomic mass is 16.3. The third-order valence-electron chi connectivity index (χ3n) is 8.55. The Labute approximate surface area is 256 Å². The van der Waals surface area contributed by atoms with Gasteiger partial charge >= 0.3 is 0 Å². The minimum atomic E-state index is -0.398. The van der Waals surface area contributed by atoms with Crippen LogP contribution in [0.5, 0.6) is 0 Å². The molecule has 1 heterocycles. The first-order chi connectivity index (χ1) is 23.4. The minimum Gasteiger partial charge on any atom is -0.456 e. The normalized spacial score (nSPS) is 13.3. The molecule has 1 aromatic heterocycles. The van der Waals surface area contributed by atoms with Crippen LogP contribution >= 0.6 is 0 Å². The molecule has 0 aliphatic heterocycles. The van der Waals surface area contributed by atoms with Gasteiger partial charge in [0.1, 0.15) is 11.2 Å². The summed E-state index contributed by atoms with van der Waals surface area (Å²) in [5.74, 6) is 0. The van der Waals surface area contributed by atoms with E-state index in [9.17, 15) is 0 Å². The Morgan fingerprint density at radius 3 is 1.77 bits per heavy atom. The predicted molar refractivity (Wildman–Crippen MR) is 183 cm³/mol. The van der Waals surface area contributed by atoms with Gasteiger partial charge in [-0.15, -0.1) is 0 Å². The average molecular weight is 552 g/mol. The van der Waals surface area contributed by atoms with E-state index in [-0.39, 0.29) is 29.7 Å². The summed E-state index contributed by atoms with van der Waals surface area (Å²) in [6.07, 6.45) is 0. The van der Waals surface area contributed by atoms with Gasteiger partial charge in [0.05, 0.1) is 6.85 Å². The molecule has 1 nitrogen and oxygen atoms in total. The van der Waals surface area contributed by atoms with Gasteiger partial charge in [0.15, 0.2) is 0 Å². The zero-order valence-electron chi connectivity index (χ0n) is 28.0. The Morgan fingerprint density at radius 1 is 0.419 bits per heavy atom. The zero-order chi connectivity index (χ0) is 32.7. The number of hydrogen-bond acceptors (Lipinski definition) is 1. The van der Waals surface area contributed by atoms with Crippen LogP contribution in [0.25, 0.3) is 87.6 Å². The van der Waals surface area contributed by atoms with E-state index in [1.54, 1.807) is 0 Å². The van der Waals surface area contributed by atoms with Crippen LogP contribution < -0.4 is 0 Å². The largest absolute Gasteiger partial charge is 0.456 e. The van der Waals surface area contributed by atoms with Gasteiger partial charge in [-0.05, 0) is 83.9 Å². The van der Waals surface area contributed by atoms with Gasteiger partial charge in [-0.3, -0.25) is 0 Å². The van der Waals surface area contributed by atoms with Crippen LogP contribution in [0.1, 0.15) is 6.85 Å². The number of fused-ring (bicyclic) bond motifs is 6. The van der Waals surface area contributed by atoms with E-state index in [1.165, 1.54) is 0 Å². The van der Waals surface area contributed by atoms with Gasteiger partial charge in [0.25, 0.3) is 0 Å². The molecule has 1 heteroatoms. The summed E-state index contributed by atoms with van der Waals surface area (Å²) in [6, 6.07) is 41.8. The molecular formula is C42H26O. The monoisotopic (exact) mass is 551 g/mol. The topological polar surface area (TPSA) is 13.1 Å². The molecule has 0 aliphatic rings. The first-order valence-corrected chi connectivity index (χ1v) is 14.4. The summed E-state index contributed by atoms with van der Waals surface area (Å²) in [6.45, 7) is 0. The van der Waals surface area contributed by atoms with Crippen LogP contribution in [-0.2, 0) is 0 Å². The Hall–Kier alpha value is -5.66. The maximum atomic E-state index is 8.87. The summed E-state index contributed by atoms with van der Waals surface area (Å²) < 4.78 is 49.0. The van der Waals surface area contributed by atoms with Gasteiger partial charge in [-0.25, -0.2) is 0 Å². The van der Waals surface area contributed by atoms with E-state index in [0.29, 0.717) is 5.56 Å². The SMILES string of the molecule is [2H]c1c([2H])c([2H])c(-c2c3ccccc3c(-c3cccc4ccc(-c5cccc6oc7ccccc7c56)cc34)c3ccccc23)c([2H])c1[2H]. The maximum Gasteiger partial charge on any atom is 0.136 e. The molecule has 0 N–H and O–H groups in total. The summed E-state index contributed by atoms with van der Waals surface area (Å²) in [7, 11) is 0. The van der Waals surface area contributed by atoms with Crippen molar-refractivity contribution in [1.82, 2.24) is 0 Å². The molecule has 43 heavy (non-hydrogen) atoms. The van der Waals surface area contributed by atoms with Crippen LogP contribution in [0.4, 0.5) is 0 Å². The molecule has 0 aliphatic carbocycles. The molecule has 0 saturated heterocycles. The predicted octanol–water partition coefficient (Wildman–Crippen LogP) is 12.0. The Bertz CT molecular complexity index is 2710. The fourth-order valence-corrected chi connectivity index (χ4v) is 6.74. The quantitative estimate of drug-likeness (QED) is 0.199. The summed E-state index contributed by atoms with van der Waals surface area (Å²) in [5.41, 5.74) is 6.82. The highest BCUT2D eigenvalue weighted by Crippen LogP contribution is 2.46. The lowest BCUT2D eigenvalue weighted by molar-refractivity contribution is 0.669. The van der Waals surface area contributed by atoms with Crippen LogP contribution in [0.3, 0.4) is 0 Å². The molecule has 0 fully saturated rings. The minimum absolute atomic E-state index is 0.209. The lowest BCUT2D eigenvalue weighted by atomic mass is 9.84. The maximum absolute atomic E-state index is 8.87. The third kappa shape index (κ3) is 3.65. The van der Waals surface area contributed by atoms with Gasteiger partial charge in [0, 0.05) is 10.8 Å². The third-order valence-corrected chi connectivity index (χ3v) is 8.55. The van der Waals surface area contributed by atoms with Gasteiger partial charge < -0.3 is 4.42 Å². The van der Waals surface area contributed by atoms with Crippen LogP contribution in [0.15, 0.2) is 162 Å². The summed E-state index contributed by atoms with van der Waals surface area (Å²) >= 11 is 0. The zero-order valence-corrected chi connectivity index (χ0v) is 23.0. The van der Waals surface area contributed by atoms with Crippen molar-refractivity contribution in [3.05, 3.63) is 158 Å². The molecular weight excluding hydrogens is 520 g/mol. The van der Waals surface area contributed by atoms with Crippen molar-refractivity contribution in [2.24, 2.45) is 0 Å². The van der Waals surface area contributed by atoms with E-state index in [2.05, 4.69) is 60.7 Å². The van der Waals surface area contributed by atoms with E-state index in [4.69, 9.17) is 11.3 Å². The molecule has 0 saturated carbocycles. The second-order valence-corrected chi connectivity index (χ2v) is 10.9. The van der Waals surface area contributed by atoms with Gasteiger partial charge in [-0.2, -0.15) is 0 Å². The number of para-hydroxylation sites is 1. The second kappa shape index (κ2) is 9.44. The number of furan rings is 1. The van der Waals surface area contributed by atoms with Crippen molar-refractivity contribution in [3.8, 4) is 33.4 Å². The smallest absolute Gasteiger partial charge is 0.136 e. The van der Waals surface area contributed by atoms with Crippen molar-refractivity contribution in [3.63, 3.8) is 0 Å². The van der Waals surface area contributed by atoms with Gasteiger partial charge in [0.2, 0.25) is 0 Å². The van der Waals surface area contributed by atoms with Crippen molar-refractivity contribution >= 4 is 54.3 Å². The molecule has 200 valence electrons. The summed E-state index contributed by atoms with van der Waals surface area (Å²) in [4.78, 5) is 0. The molecule has 9 rings (SSSR count). The van der Waals surface area contributed by atoms with Crippen molar-refractivity contribution in [1.29, 1.82) is 0 Å². The van der Waals surface area contributed by atoms with Crippen molar-refractivity contribution in [2.75, 3.05) is 0 Å². The molecule has 9 aromatic rings. The second-order valence-electron chi connectivity index (χ2n) is 10.9. The first-order valence-electron chi connectivity index (χ1n) is 16.9. The summed E-state index contributed by atoms with van der Waals surface area (Å²) in [5, 5.41) is 7.90. The average Bonchev–Trinajstić information content (AvgIpc) is 3.52. The number of rotatable bonds is 3. The lowest BCUT2D eigenvalue weighted by Crippen LogP contribution is -1.91. The highest BCUT2D eigenvalue weighted by molar-refractivity contribution is 6.24. The molecule has 0 unspecified atom stereocenters. The van der Waals surface area contributed by atoms with E-state index < -0.39 is 6.04 Å². The lowest BCUT2D eigenvalue weighted by Gasteiger charge is -2.19. The van der Waals surface area contributed by atoms with E-state index >= 15 is 0 Å². The van der Waals surface area contributed by atoms with Crippen LogP contribution in [0.2, 0.25) is 0 Å². The molecule has 0 amide bonds.